The first-order valence-electron chi connectivity index (χ1n) is 11.0. The zero-order valence-electron chi connectivity index (χ0n) is 19.4. The summed E-state index contributed by atoms with van der Waals surface area (Å²) in [6.45, 7) is 4.29. The molecule has 178 valence electrons. The van der Waals surface area contributed by atoms with E-state index in [1.54, 1.807) is 72.8 Å². The molecule has 0 atom stereocenters. The van der Waals surface area contributed by atoms with Gasteiger partial charge in [0, 0.05) is 18.3 Å². The number of anilines is 2. The van der Waals surface area contributed by atoms with E-state index in [9.17, 15) is 18.0 Å². The molecule has 0 aliphatic rings. The normalized spacial score (nSPS) is 11.0. The lowest BCUT2D eigenvalue weighted by molar-refractivity contribution is 0.0499. The summed E-state index contributed by atoms with van der Waals surface area (Å²) >= 11 is 0. The Hall–Kier alpha value is -3.65. The summed E-state index contributed by atoms with van der Waals surface area (Å²) in [5, 5.41) is 2.76. The summed E-state index contributed by atoms with van der Waals surface area (Å²) in [5.74, 6) is -0.750. The lowest BCUT2D eigenvalue weighted by Crippen LogP contribution is -2.26. The van der Waals surface area contributed by atoms with Gasteiger partial charge >= 0.3 is 5.97 Å². The molecule has 0 saturated carbocycles. The molecular formula is C26H28N2O5S. The average molecular weight is 481 g/mol. The molecule has 0 spiro atoms. The first-order chi connectivity index (χ1) is 16.2. The minimum Gasteiger partial charge on any atom is -0.462 e. The molecule has 7 nitrogen and oxygen atoms in total. The molecule has 3 aromatic rings. The second-order valence-electron chi connectivity index (χ2n) is 7.85. The molecule has 0 heterocycles. The van der Waals surface area contributed by atoms with E-state index >= 15 is 0 Å². The molecule has 34 heavy (non-hydrogen) atoms. The maximum Gasteiger partial charge on any atom is 0.338 e. The Kier molecular flexibility index (Phi) is 8.07. The lowest BCUT2D eigenvalue weighted by atomic mass is 10.1. The summed E-state index contributed by atoms with van der Waals surface area (Å²) in [4.78, 5) is 24.8. The number of benzene rings is 3. The fraction of sp³-hybridized carbons (Fsp3) is 0.231. The Morgan fingerprint density at radius 1 is 0.882 bits per heavy atom. The molecule has 0 aliphatic heterocycles. The molecule has 1 amide bonds. The quantitative estimate of drug-likeness (QED) is 0.343. The van der Waals surface area contributed by atoms with Gasteiger partial charge in [0.2, 0.25) is 0 Å². The Balaban J connectivity index is 1.65. The van der Waals surface area contributed by atoms with Crippen LogP contribution in [0.1, 0.15) is 46.0 Å². The highest BCUT2D eigenvalue weighted by atomic mass is 32.2. The molecule has 0 aliphatic carbocycles. The predicted octanol–water partition coefficient (Wildman–Crippen LogP) is 5.03. The molecule has 0 bridgehead atoms. The zero-order valence-corrected chi connectivity index (χ0v) is 20.3. The second-order valence-corrected chi connectivity index (χ2v) is 9.82. The Labute approximate surface area is 200 Å². The third-order valence-electron chi connectivity index (χ3n) is 5.28. The summed E-state index contributed by atoms with van der Waals surface area (Å²) in [5.41, 5.74) is 2.71. The van der Waals surface area contributed by atoms with Gasteiger partial charge in [0.1, 0.15) is 0 Å². The van der Waals surface area contributed by atoms with Crippen LogP contribution in [0, 0.1) is 6.92 Å². The highest BCUT2D eigenvalue weighted by Crippen LogP contribution is 2.23. The SMILES string of the molecule is CCCCOC(=O)c1ccc(NC(=O)c2ccc(N(C)S(=O)(=O)c3ccc(C)cc3)cc2)cc1. The number of amides is 1. The lowest BCUT2D eigenvalue weighted by Gasteiger charge is -2.20. The molecular weight excluding hydrogens is 452 g/mol. The van der Waals surface area contributed by atoms with Gasteiger partial charge in [-0.1, -0.05) is 31.0 Å². The van der Waals surface area contributed by atoms with E-state index in [1.807, 2.05) is 13.8 Å². The van der Waals surface area contributed by atoms with Crippen molar-refractivity contribution in [1.29, 1.82) is 0 Å². The van der Waals surface area contributed by atoms with Crippen molar-refractivity contribution < 1.29 is 22.7 Å². The fourth-order valence-electron chi connectivity index (χ4n) is 3.12. The number of aryl methyl sites for hydroxylation is 1. The van der Waals surface area contributed by atoms with Crippen LogP contribution in [0.2, 0.25) is 0 Å². The Bertz CT molecular complexity index is 1240. The minimum atomic E-state index is -3.71. The molecule has 0 radical (unpaired) electrons. The van der Waals surface area contributed by atoms with Crippen LogP contribution in [0.3, 0.4) is 0 Å². The van der Waals surface area contributed by atoms with Crippen molar-refractivity contribution in [3.8, 4) is 0 Å². The first-order valence-corrected chi connectivity index (χ1v) is 12.4. The van der Waals surface area contributed by atoms with Crippen molar-refractivity contribution in [3.63, 3.8) is 0 Å². The number of carbonyl (C=O) groups excluding carboxylic acids is 2. The summed E-state index contributed by atoms with van der Waals surface area (Å²) in [7, 11) is -2.24. The number of hydrogen-bond donors (Lipinski definition) is 1. The molecule has 0 unspecified atom stereocenters. The van der Waals surface area contributed by atoms with Gasteiger partial charge in [0.25, 0.3) is 15.9 Å². The van der Waals surface area contributed by atoms with E-state index in [-0.39, 0.29) is 10.8 Å². The number of carbonyl (C=O) groups is 2. The van der Waals surface area contributed by atoms with E-state index in [0.717, 1.165) is 18.4 Å². The largest absolute Gasteiger partial charge is 0.462 e. The number of ether oxygens (including phenoxy) is 1. The maximum absolute atomic E-state index is 12.9. The van der Waals surface area contributed by atoms with Gasteiger partial charge in [0.15, 0.2) is 0 Å². The predicted molar refractivity (Wildman–Crippen MR) is 133 cm³/mol. The van der Waals surface area contributed by atoms with Gasteiger partial charge in [-0.2, -0.15) is 0 Å². The number of nitrogens with zero attached hydrogens (tertiary/aromatic N) is 1. The summed E-state index contributed by atoms with van der Waals surface area (Å²) in [6.07, 6.45) is 1.75. The van der Waals surface area contributed by atoms with Crippen molar-refractivity contribution in [2.75, 3.05) is 23.3 Å². The van der Waals surface area contributed by atoms with Crippen molar-refractivity contribution in [1.82, 2.24) is 0 Å². The van der Waals surface area contributed by atoms with Crippen molar-refractivity contribution in [2.24, 2.45) is 0 Å². The van der Waals surface area contributed by atoms with Crippen molar-refractivity contribution >= 4 is 33.3 Å². The standard InChI is InChI=1S/C26H28N2O5S/c1-4-5-18-33-26(30)21-8-12-22(13-9-21)27-25(29)20-10-14-23(15-11-20)28(3)34(31,32)24-16-6-19(2)7-17-24/h6-17H,4-5,18H2,1-3H3,(H,27,29). The number of esters is 1. The minimum absolute atomic E-state index is 0.195. The molecule has 1 N–H and O–H groups in total. The smallest absolute Gasteiger partial charge is 0.338 e. The van der Waals surface area contributed by atoms with E-state index < -0.39 is 16.0 Å². The Morgan fingerprint density at radius 2 is 1.47 bits per heavy atom. The van der Waals surface area contributed by atoms with Crippen molar-refractivity contribution in [3.05, 3.63) is 89.5 Å². The van der Waals surface area contributed by atoms with E-state index in [1.165, 1.54) is 11.4 Å². The van der Waals surface area contributed by atoms with E-state index in [4.69, 9.17) is 4.74 Å². The number of nitrogens with one attached hydrogen (secondary N) is 1. The number of rotatable bonds is 9. The van der Waals surface area contributed by atoms with Crippen LogP contribution >= 0.6 is 0 Å². The molecule has 0 fully saturated rings. The molecule has 3 aromatic carbocycles. The van der Waals surface area contributed by atoms with Crippen LogP contribution in [-0.4, -0.2) is 33.9 Å². The highest BCUT2D eigenvalue weighted by molar-refractivity contribution is 7.92. The monoisotopic (exact) mass is 480 g/mol. The summed E-state index contributed by atoms with van der Waals surface area (Å²) < 4.78 is 32.1. The Morgan fingerprint density at radius 3 is 2.06 bits per heavy atom. The number of hydrogen-bond acceptors (Lipinski definition) is 5. The molecule has 0 saturated heterocycles. The third kappa shape index (κ3) is 6.02. The van der Waals surface area contributed by atoms with Crippen LogP contribution in [0.5, 0.6) is 0 Å². The number of sulfonamides is 1. The van der Waals surface area contributed by atoms with Gasteiger partial charge in [-0.25, -0.2) is 13.2 Å². The molecule has 3 rings (SSSR count). The topological polar surface area (TPSA) is 92.8 Å². The number of unbranched alkanes of at least 4 members (excludes halogenated alkanes) is 1. The summed E-state index contributed by atoms with van der Waals surface area (Å²) in [6, 6.07) is 19.4. The van der Waals surface area contributed by atoms with Gasteiger partial charge in [-0.05, 0) is 74.0 Å². The van der Waals surface area contributed by atoms with Crippen LogP contribution in [-0.2, 0) is 14.8 Å². The van der Waals surface area contributed by atoms with Gasteiger partial charge in [-0.15, -0.1) is 0 Å². The van der Waals surface area contributed by atoms with E-state index in [2.05, 4.69) is 5.32 Å². The van der Waals surface area contributed by atoms with Crippen LogP contribution in [0.4, 0.5) is 11.4 Å². The van der Waals surface area contributed by atoms with Crippen molar-refractivity contribution in [2.45, 2.75) is 31.6 Å². The molecule has 0 aromatic heterocycles. The highest BCUT2D eigenvalue weighted by Gasteiger charge is 2.21. The van der Waals surface area contributed by atoms with Crippen LogP contribution < -0.4 is 9.62 Å². The molecule has 8 heteroatoms. The first kappa shape index (κ1) is 25.0. The van der Waals surface area contributed by atoms with Gasteiger partial charge in [-0.3, -0.25) is 9.10 Å². The van der Waals surface area contributed by atoms with Gasteiger partial charge < -0.3 is 10.1 Å². The zero-order chi connectivity index (χ0) is 24.7. The maximum atomic E-state index is 12.9. The second kappa shape index (κ2) is 11.0. The third-order valence-corrected chi connectivity index (χ3v) is 7.08. The van der Waals surface area contributed by atoms with Crippen LogP contribution in [0.25, 0.3) is 0 Å². The van der Waals surface area contributed by atoms with Crippen LogP contribution in [0.15, 0.2) is 77.7 Å². The fourth-order valence-corrected chi connectivity index (χ4v) is 4.31. The van der Waals surface area contributed by atoms with E-state index in [0.29, 0.717) is 29.1 Å². The van der Waals surface area contributed by atoms with Gasteiger partial charge in [0.05, 0.1) is 22.8 Å². The average Bonchev–Trinajstić information content (AvgIpc) is 2.84.